The Morgan fingerprint density at radius 1 is 1.29 bits per heavy atom. The van der Waals surface area contributed by atoms with Crippen molar-refractivity contribution in [1.82, 2.24) is 4.57 Å². The summed E-state index contributed by atoms with van der Waals surface area (Å²) < 4.78 is 2.26. The van der Waals surface area contributed by atoms with Crippen molar-refractivity contribution < 1.29 is 5.11 Å². The van der Waals surface area contributed by atoms with Crippen LogP contribution in [-0.4, -0.2) is 15.3 Å². The number of hydrogen-bond donors (Lipinski definition) is 1. The molecule has 0 unspecified atom stereocenters. The molecule has 1 aromatic heterocycles. The van der Waals surface area contributed by atoms with Gasteiger partial charge in [0.25, 0.3) is 0 Å². The highest BCUT2D eigenvalue weighted by Crippen LogP contribution is 2.24. The standard InChI is InChI=1S/C15H21NO/c1-5-16-10-11(2)13-7-6-12(8-14(13)16)9-15(3,4)17/h6-8,10,17H,5,9H2,1-4H3. The van der Waals surface area contributed by atoms with E-state index in [1.807, 2.05) is 13.8 Å². The summed E-state index contributed by atoms with van der Waals surface area (Å²) in [4.78, 5) is 0. The topological polar surface area (TPSA) is 25.2 Å². The highest BCUT2D eigenvalue weighted by Gasteiger charge is 2.14. The summed E-state index contributed by atoms with van der Waals surface area (Å²) in [5, 5.41) is 11.2. The summed E-state index contributed by atoms with van der Waals surface area (Å²) in [6.45, 7) is 8.98. The van der Waals surface area contributed by atoms with E-state index in [0.717, 1.165) is 6.54 Å². The van der Waals surface area contributed by atoms with Gasteiger partial charge in [0.05, 0.1) is 5.60 Å². The van der Waals surface area contributed by atoms with E-state index < -0.39 is 5.60 Å². The van der Waals surface area contributed by atoms with Crippen molar-refractivity contribution in [2.75, 3.05) is 0 Å². The van der Waals surface area contributed by atoms with Crippen LogP contribution in [0.5, 0.6) is 0 Å². The quantitative estimate of drug-likeness (QED) is 0.861. The Bertz CT molecular complexity index is 532. The molecule has 1 N–H and O–H groups in total. The second kappa shape index (κ2) is 4.19. The minimum absolute atomic E-state index is 0.646. The van der Waals surface area contributed by atoms with Crippen molar-refractivity contribution in [3.8, 4) is 0 Å². The van der Waals surface area contributed by atoms with Gasteiger partial charge in [-0.05, 0) is 44.9 Å². The highest BCUT2D eigenvalue weighted by molar-refractivity contribution is 5.84. The van der Waals surface area contributed by atoms with Crippen LogP contribution in [0.4, 0.5) is 0 Å². The SMILES string of the molecule is CCn1cc(C)c2ccc(CC(C)(C)O)cc21. The lowest BCUT2D eigenvalue weighted by molar-refractivity contribution is 0.0810. The zero-order valence-electron chi connectivity index (χ0n) is 11.1. The molecule has 0 aliphatic heterocycles. The van der Waals surface area contributed by atoms with Crippen LogP contribution in [-0.2, 0) is 13.0 Å². The lowest BCUT2D eigenvalue weighted by Crippen LogP contribution is -2.21. The molecule has 2 heteroatoms. The molecule has 0 spiro atoms. The zero-order valence-corrected chi connectivity index (χ0v) is 11.1. The molecule has 2 aromatic rings. The third-order valence-electron chi connectivity index (χ3n) is 3.12. The molecule has 0 atom stereocenters. The molecule has 0 aliphatic rings. The maximum absolute atomic E-state index is 9.87. The maximum Gasteiger partial charge on any atom is 0.0631 e. The van der Waals surface area contributed by atoms with Gasteiger partial charge in [-0.15, -0.1) is 0 Å². The molecular weight excluding hydrogens is 210 g/mol. The predicted molar refractivity (Wildman–Crippen MR) is 72.4 cm³/mol. The smallest absolute Gasteiger partial charge is 0.0631 e. The van der Waals surface area contributed by atoms with Gasteiger partial charge in [0, 0.05) is 30.1 Å². The molecule has 0 radical (unpaired) electrons. The lowest BCUT2D eigenvalue weighted by atomic mass is 9.98. The van der Waals surface area contributed by atoms with Crippen molar-refractivity contribution in [3.05, 3.63) is 35.5 Å². The predicted octanol–water partition coefficient (Wildman–Crippen LogP) is 3.28. The second-order valence-corrected chi connectivity index (χ2v) is 5.44. The van der Waals surface area contributed by atoms with E-state index in [1.165, 1.54) is 22.0 Å². The maximum atomic E-state index is 9.87. The summed E-state index contributed by atoms with van der Waals surface area (Å²) >= 11 is 0. The fourth-order valence-electron chi connectivity index (χ4n) is 2.39. The average molecular weight is 231 g/mol. The molecular formula is C15H21NO. The Kier molecular flexibility index (Phi) is 3.00. The van der Waals surface area contributed by atoms with Crippen molar-refractivity contribution >= 4 is 10.9 Å². The van der Waals surface area contributed by atoms with Gasteiger partial charge in [0.1, 0.15) is 0 Å². The molecule has 0 saturated heterocycles. The molecule has 1 aromatic carbocycles. The zero-order chi connectivity index (χ0) is 12.6. The van der Waals surface area contributed by atoms with E-state index in [2.05, 4.69) is 42.8 Å². The monoisotopic (exact) mass is 231 g/mol. The molecule has 2 rings (SSSR count). The van der Waals surface area contributed by atoms with Crippen molar-refractivity contribution in [2.45, 2.75) is 46.3 Å². The summed E-state index contributed by atoms with van der Waals surface area (Å²) in [5.41, 5.74) is 3.13. The van der Waals surface area contributed by atoms with Crippen LogP contribution in [0, 0.1) is 6.92 Å². The van der Waals surface area contributed by atoms with E-state index >= 15 is 0 Å². The molecule has 92 valence electrons. The largest absolute Gasteiger partial charge is 0.390 e. The first kappa shape index (κ1) is 12.2. The van der Waals surface area contributed by atoms with Crippen molar-refractivity contribution in [2.24, 2.45) is 0 Å². The third kappa shape index (κ3) is 2.52. The van der Waals surface area contributed by atoms with Gasteiger partial charge in [-0.25, -0.2) is 0 Å². The van der Waals surface area contributed by atoms with Gasteiger partial charge < -0.3 is 9.67 Å². The minimum atomic E-state index is -0.646. The molecule has 2 nitrogen and oxygen atoms in total. The van der Waals surface area contributed by atoms with E-state index in [1.54, 1.807) is 0 Å². The van der Waals surface area contributed by atoms with Gasteiger partial charge in [0.2, 0.25) is 0 Å². The van der Waals surface area contributed by atoms with Crippen LogP contribution in [0.3, 0.4) is 0 Å². The van der Waals surface area contributed by atoms with Crippen molar-refractivity contribution in [3.63, 3.8) is 0 Å². The Balaban J connectivity index is 2.49. The summed E-state index contributed by atoms with van der Waals surface area (Å²) in [5.74, 6) is 0. The number of rotatable bonds is 3. The first-order valence-electron chi connectivity index (χ1n) is 6.21. The van der Waals surface area contributed by atoms with Gasteiger partial charge in [-0.3, -0.25) is 0 Å². The molecule has 0 amide bonds. The van der Waals surface area contributed by atoms with E-state index in [4.69, 9.17) is 0 Å². The Morgan fingerprint density at radius 3 is 2.59 bits per heavy atom. The Morgan fingerprint density at radius 2 is 2.00 bits per heavy atom. The minimum Gasteiger partial charge on any atom is -0.390 e. The number of nitrogens with zero attached hydrogens (tertiary/aromatic N) is 1. The molecule has 1 heterocycles. The van der Waals surface area contributed by atoms with E-state index in [0.29, 0.717) is 6.42 Å². The van der Waals surface area contributed by atoms with E-state index in [-0.39, 0.29) is 0 Å². The van der Waals surface area contributed by atoms with Crippen LogP contribution >= 0.6 is 0 Å². The van der Waals surface area contributed by atoms with Crippen LogP contribution in [0.15, 0.2) is 24.4 Å². The normalized spacial score (nSPS) is 12.3. The number of benzene rings is 1. The van der Waals surface area contributed by atoms with Gasteiger partial charge >= 0.3 is 0 Å². The molecule has 0 saturated carbocycles. The summed E-state index contributed by atoms with van der Waals surface area (Å²) in [7, 11) is 0. The number of aromatic nitrogens is 1. The average Bonchev–Trinajstić information content (AvgIpc) is 2.53. The summed E-state index contributed by atoms with van der Waals surface area (Å²) in [6.07, 6.45) is 2.88. The van der Waals surface area contributed by atoms with Crippen LogP contribution < -0.4 is 0 Å². The molecule has 0 bridgehead atoms. The summed E-state index contributed by atoms with van der Waals surface area (Å²) in [6, 6.07) is 6.48. The van der Waals surface area contributed by atoms with Crippen LogP contribution in [0.25, 0.3) is 10.9 Å². The fourth-order valence-corrected chi connectivity index (χ4v) is 2.39. The molecule has 0 fully saturated rings. The number of aryl methyl sites for hydroxylation is 2. The van der Waals surface area contributed by atoms with Gasteiger partial charge in [0.15, 0.2) is 0 Å². The highest BCUT2D eigenvalue weighted by atomic mass is 16.3. The second-order valence-electron chi connectivity index (χ2n) is 5.44. The first-order valence-corrected chi connectivity index (χ1v) is 6.21. The Labute approximate surface area is 103 Å². The number of aliphatic hydroxyl groups is 1. The van der Waals surface area contributed by atoms with Gasteiger partial charge in [-0.2, -0.15) is 0 Å². The van der Waals surface area contributed by atoms with Crippen LogP contribution in [0.2, 0.25) is 0 Å². The Hall–Kier alpha value is -1.28. The lowest BCUT2D eigenvalue weighted by Gasteiger charge is -2.17. The number of fused-ring (bicyclic) bond motifs is 1. The molecule has 0 aliphatic carbocycles. The number of hydrogen-bond acceptors (Lipinski definition) is 1. The van der Waals surface area contributed by atoms with Crippen molar-refractivity contribution in [1.29, 1.82) is 0 Å². The van der Waals surface area contributed by atoms with Crippen LogP contribution in [0.1, 0.15) is 31.9 Å². The fraction of sp³-hybridized carbons (Fsp3) is 0.467. The van der Waals surface area contributed by atoms with E-state index in [9.17, 15) is 5.11 Å². The molecule has 17 heavy (non-hydrogen) atoms. The first-order chi connectivity index (χ1) is 7.90. The third-order valence-corrected chi connectivity index (χ3v) is 3.12. The van der Waals surface area contributed by atoms with Gasteiger partial charge in [-0.1, -0.05) is 12.1 Å².